The third-order valence-electron chi connectivity index (χ3n) is 3.79. The summed E-state index contributed by atoms with van der Waals surface area (Å²) in [6.07, 6.45) is 7.30. The first-order valence-electron chi connectivity index (χ1n) is 6.07. The summed E-state index contributed by atoms with van der Waals surface area (Å²) in [5.74, 6) is 0.652. The fourth-order valence-corrected chi connectivity index (χ4v) is 2.70. The van der Waals surface area contributed by atoms with Gasteiger partial charge >= 0.3 is 0 Å². The first kappa shape index (κ1) is 11.5. The van der Waals surface area contributed by atoms with Crippen LogP contribution in [0.2, 0.25) is 0 Å². The van der Waals surface area contributed by atoms with Gasteiger partial charge in [0.2, 0.25) is 0 Å². The molecule has 1 aromatic heterocycles. The SMILES string of the molecule is CCC1CCC(N)C(c2ccncc2F)C1. The molecule has 1 aliphatic carbocycles. The van der Waals surface area contributed by atoms with Gasteiger partial charge in [0.05, 0.1) is 6.20 Å². The first-order chi connectivity index (χ1) is 7.72. The minimum atomic E-state index is -0.209. The van der Waals surface area contributed by atoms with Gasteiger partial charge in [0.15, 0.2) is 0 Å². The molecule has 0 bridgehead atoms. The Kier molecular flexibility index (Phi) is 3.54. The van der Waals surface area contributed by atoms with Crippen molar-refractivity contribution in [3.63, 3.8) is 0 Å². The fourth-order valence-electron chi connectivity index (χ4n) is 2.70. The van der Waals surface area contributed by atoms with Crippen molar-refractivity contribution in [2.75, 3.05) is 0 Å². The normalized spacial score (nSPS) is 30.3. The number of nitrogens with zero attached hydrogens (tertiary/aromatic N) is 1. The second kappa shape index (κ2) is 4.91. The van der Waals surface area contributed by atoms with Crippen molar-refractivity contribution in [3.8, 4) is 0 Å². The summed E-state index contributed by atoms with van der Waals surface area (Å²) in [6, 6.07) is 1.87. The van der Waals surface area contributed by atoms with Gasteiger partial charge in [-0.1, -0.05) is 13.3 Å². The molecule has 3 heteroatoms. The predicted octanol–water partition coefficient (Wildman–Crippen LogP) is 2.84. The molecule has 0 radical (unpaired) electrons. The third kappa shape index (κ3) is 2.24. The molecule has 2 rings (SSSR count). The second-order valence-electron chi connectivity index (χ2n) is 4.75. The van der Waals surface area contributed by atoms with Crippen LogP contribution in [0.1, 0.15) is 44.1 Å². The lowest BCUT2D eigenvalue weighted by atomic mass is 9.74. The molecule has 2 N–H and O–H groups in total. The number of aromatic nitrogens is 1. The standard InChI is InChI=1S/C13H19FN2/c1-2-9-3-4-13(15)11(7-9)10-5-6-16-8-12(10)14/h5-6,8-9,11,13H,2-4,7,15H2,1H3. The second-order valence-corrected chi connectivity index (χ2v) is 4.75. The van der Waals surface area contributed by atoms with Gasteiger partial charge in [0.1, 0.15) is 5.82 Å². The minimum Gasteiger partial charge on any atom is -0.327 e. The van der Waals surface area contributed by atoms with Gasteiger partial charge in [-0.05, 0) is 36.8 Å². The highest BCUT2D eigenvalue weighted by Crippen LogP contribution is 2.37. The van der Waals surface area contributed by atoms with Crippen molar-refractivity contribution in [3.05, 3.63) is 29.8 Å². The summed E-state index contributed by atoms with van der Waals surface area (Å²) < 4.78 is 13.7. The number of pyridine rings is 1. The Balaban J connectivity index is 2.21. The van der Waals surface area contributed by atoms with Crippen LogP contribution in [0.15, 0.2) is 18.5 Å². The molecule has 1 fully saturated rings. The van der Waals surface area contributed by atoms with E-state index in [1.807, 2.05) is 0 Å². The highest BCUT2D eigenvalue weighted by atomic mass is 19.1. The van der Waals surface area contributed by atoms with Crippen LogP contribution in [-0.4, -0.2) is 11.0 Å². The van der Waals surface area contributed by atoms with Crippen LogP contribution in [0.5, 0.6) is 0 Å². The van der Waals surface area contributed by atoms with E-state index in [4.69, 9.17) is 5.73 Å². The molecule has 2 nitrogen and oxygen atoms in total. The Morgan fingerprint density at radius 1 is 1.50 bits per heavy atom. The van der Waals surface area contributed by atoms with Gasteiger partial charge in [-0.15, -0.1) is 0 Å². The Hall–Kier alpha value is -0.960. The average molecular weight is 222 g/mol. The van der Waals surface area contributed by atoms with E-state index in [1.165, 1.54) is 12.6 Å². The lowest BCUT2D eigenvalue weighted by molar-refractivity contribution is 0.278. The predicted molar refractivity (Wildman–Crippen MR) is 62.5 cm³/mol. The van der Waals surface area contributed by atoms with Gasteiger partial charge in [-0.25, -0.2) is 4.39 Å². The number of rotatable bonds is 2. The summed E-state index contributed by atoms with van der Waals surface area (Å²) in [7, 11) is 0. The zero-order valence-electron chi connectivity index (χ0n) is 9.70. The summed E-state index contributed by atoms with van der Waals surface area (Å²) >= 11 is 0. The van der Waals surface area contributed by atoms with Crippen LogP contribution in [0.25, 0.3) is 0 Å². The van der Waals surface area contributed by atoms with E-state index in [-0.39, 0.29) is 17.8 Å². The van der Waals surface area contributed by atoms with Crippen LogP contribution >= 0.6 is 0 Å². The number of nitrogens with two attached hydrogens (primary N) is 1. The Labute approximate surface area is 96.1 Å². The maximum absolute atomic E-state index is 13.7. The molecule has 88 valence electrons. The van der Waals surface area contributed by atoms with E-state index in [9.17, 15) is 4.39 Å². The van der Waals surface area contributed by atoms with E-state index in [2.05, 4.69) is 11.9 Å². The molecule has 1 saturated carbocycles. The zero-order valence-corrected chi connectivity index (χ0v) is 9.70. The molecule has 0 saturated heterocycles. The molecule has 1 aromatic rings. The summed E-state index contributed by atoms with van der Waals surface area (Å²) in [4.78, 5) is 3.79. The van der Waals surface area contributed by atoms with Gasteiger partial charge < -0.3 is 5.73 Å². The molecule has 1 heterocycles. The van der Waals surface area contributed by atoms with Crippen molar-refractivity contribution in [2.45, 2.75) is 44.6 Å². The third-order valence-corrected chi connectivity index (χ3v) is 3.79. The van der Waals surface area contributed by atoms with Crippen LogP contribution in [-0.2, 0) is 0 Å². The van der Waals surface area contributed by atoms with Gasteiger partial charge in [-0.2, -0.15) is 0 Å². The Morgan fingerprint density at radius 3 is 3.00 bits per heavy atom. The number of hydrogen-bond donors (Lipinski definition) is 1. The molecular formula is C13H19FN2. The molecule has 1 aliphatic rings. The van der Waals surface area contributed by atoms with Crippen molar-refractivity contribution < 1.29 is 4.39 Å². The lowest BCUT2D eigenvalue weighted by Gasteiger charge is -2.34. The minimum absolute atomic E-state index is 0.0969. The quantitative estimate of drug-likeness (QED) is 0.835. The fraction of sp³-hybridized carbons (Fsp3) is 0.615. The topological polar surface area (TPSA) is 38.9 Å². The van der Waals surface area contributed by atoms with Gasteiger partial charge in [0, 0.05) is 18.2 Å². The van der Waals surface area contributed by atoms with Crippen molar-refractivity contribution in [1.82, 2.24) is 4.98 Å². The van der Waals surface area contributed by atoms with Crippen LogP contribution in [0.3, 0.4) is 0 Å². The highest BCUT2D eigenvalue weighted by molar-refractivity contribution is 5.21. The van der Waals surface area contributed by atoms with Gasteiger partial charge in [0.25, 0.3) is 0 Å². The highest BCUT2D eigenvalue weighted by Gasteiger charge is 2.30. The van der Waals surface area contributed by atoms with E-state index >= 15 is 0 Å². The molecule has 3 unspecified atom stereocenters. The van der Waals surface area contributed by atoms with Crippen LogP contribution in [0.4, 0.5) is 4.39 Å². The summed E-state index contributed by atoms with van der Waals surface area (Å²) in [5, 5.41) is 0. The molecule has 3 atom stereocenters. The lowest BCUT2D eigenvalue weighted by Crippen LogP contribution is -2.35. The first-order valence-corrected chi connectivity index (χ1v) is 6.07. The summed E-state index contributed by atoms with van der Waals surface area (Å²) in [6.45, 7) is 2.20. The van der Waals surface area contributed by atoms with Gasteiger partial charge in [-0.3, -0.25) is 4.98 Å². The maximum atomic E-state index is 13.7. The molecule has 16 heavy (non-hydrogen) atoms. The van der Waals surface area contributed by atoms with E-state index < -0.39 is 0 Å². The average Bonchev–Trinajstić information content (AvgIpc) is 2.31. The van der Waals surface area contributed by atoms with E-state index in [0.717, 1.165) is 24.8 Å². The Bertz CT molecular complexity index is 354. The smallest absolute Gasteiger partial charge is 0.145 e. The van der Waals surface area contributed by atoms with Crippen LogP contribution < -0.4 is 5.73 Å². The Morgan fingerprint density at radius 2 is 2.31 bits per heavy atom. The van der Waals surface area contributed by atoms with Crippen molar-refractivity contribution >= 4 is 0 Å². The molecule has 0 spiro atoms. The molecule has 0 aliphatic heterocycles. The van der Waals surface area contributed by atoms with E-state index in [0.29, 0.717) is 5.92 Å². The monoisotopic (exact) mass is 222 g/mol. The number of halogens is 1. The summed E-state index contributed by atoms with van der Waals surface area (Å²) in [5.41, 5.74) is 6.86. The largest absolute Gasteiger partial charge is 0.327 e. The molecule has 0 amide bonds. The van der Waals surface area contributed by atoms with Crippen molar-refractivity contribution in [2.24, 2.45) is 11.7 Å². The zero-order chi connectivity index (χ0) is 11.5. The van der Waals surface area contributed by atoms with Crippen molar-refractivity contribution in [1.29, 1.82) is 0 Å². The molecular weight excluding hydrogens is 203 g/mol. The molecule has 0 aromatic carbocycles. The van der Waals surface area contributed by atoms with Crippen LogP contribution in [0, 0.1) is 11.7 Å². The maximum Gasteiger partial charge on any atom is 0.145 e. The number of hydrogen-bond acceptors (Lipinski definition) is 2. The van der Waals surface area contributed by atoms with E-state index in [1.54, 1.807) is 12.3 Å².